The maximum atomic E-state index is 12.7. The van der Waals surface area contributed by atoms with E-state index in [0.29, 0.717) is 5.92 Å². The van der Waals surface area contributed by atoms with Gasteiger partial charge in [-0.1, -0.05) is 13.8 Å². The predicted octanol–water partition coefficient (Wildman–Crippen LogP) is 3.87. The fraction of sp³-hybridized carbons (Fsp3) is 0.900. The molecule has 0 aromatic heterocycles. The molecule has 0 aromatic carbocycles. The summed E-state index contributed by atoms with van der Waals surface area (Å²) < 4.78 is 11.7. The van der Waals surface area contributed by atoms with E-state index in [1.54, 1.807) is 0 Å². The average Bonchev–Trinajstić information content (AvgIpc) is 2.94. The van der Waals surface area contributed by atoms with Gasteiger partial charge < -0.3 is 9.47 Å². The van der Waals surface area contributed by atoms with Crippen molar-refractivity contribution in [3.8, 4) is 0 Å². The summed E-state index contributed by atoms with van der Waals surface area (Å²) in [4.78, 5) is 25.0. The molecular weight excluding hydrogens is 304 g/mol. The minimum atomic E-state index is -0.261. The normalized spacial score (nSPS) is 41.2. The lowest BCUT2D eigenvalue weighted by Crippen LogP contribution is -2.38. The van der Waals surface area contributed by atoms with Crippen LogP contribution >= 0.6 is 0 Å². The van der Waals surface area contributed by atoms with E-state index in [4.69, 9.17) is 9.47 Å². The lowest BCUT2D eigenvalue weighted by molar-refractivity contribution is -0.170. The van der Waals surface area contributed by atoms with Crippen molar-refractivity contribution in [3.63, 3.8) is 0 Å². The van der Waals surface area contributed by atoms with Gasteiger partial charge >= 0.3 is 11.9 Å². The van der Waals surface area contributed by atoms with Crippen molar-refractivity contribution < 1.29 is 19.1 Å². The van der Waals surface area contributed by atoms with Crippen LogP contribution in [-0.4, -0.2) is 23.6 Å². The van der Waals surface area contributed by atoms with E-state index in [1.165, 1.54) is 0 Å². The first-order valence-electron chi connectivity index (χ1n) is 9.71. The highest BCUT2D eigenvalue weighted by Gasteiger charge is 2.56. The lowest BCUT2D eigenvalue weighted by atomic mass is 9.86. The van der Waals surface area contributed by atoms with Gasteiger partial charge in [-0.25, -0.2) is 0 Å². The molecule has 0 spiro atoms. The van der Waals surface area contributed by atoms with Crippen LogP contribution in [0, 0.1) is 29.1 Å². The number of esters is 2. The van der Waals surface area contributed by atoms with Crippen molar-refractivity contribution >= 4 is 11.9 Å². The predicted molar refractivity (Wildman–Crippen MR) is 89.1 cm³/mol. The number of fused-ring (bicyclic) bond motifs is 2. The number of hydrogen-bond donors (Lipinski definition) is 0. The zero-order chi connectivity index (χ0) is 17.1. The van der Waals surface area contributed by atoms with E-state index in [0.717, 1.165) is 51.4 Å². The molecule has 4 aliphatic rings. The minimum Gasteiger partial charge on any atom is -0.462 e. The Morgan fingerprint density at radius 1 is 0.958 bits per heavy atom. The zero-order valence-electron chi connectivity index (χ0n) is 15.2. The van der Waals surface area contributed by atoms with E-state index in [1.807, 2.05) is 0 Å². The van der Waals surface area contributed by atoms with Gasteiger partial charge in [0.2, 0.25) is 0 Å². The number of rotatable bonds is 4. The van der Waals surface area contributed by atoms with Crippen molar-refractivity contribution in [2.24, 2.45) is 29.1 Å². The first kappa shape index (κ1) is 16.4. The Balaban J connectivity index is 1.36. The largest absolute Gasteiger partial charge is 0.462 e. The summed E-state index contributed by atoms with van der Waals surface area (Å²) >= 11 is 0. The molecular formula is C20H30O4. The van der Waals surface area contributed by atoms with Crippen molar-refractivity contribution in [1.82, 2.24) is 0 Å². The third-order valence-electron chi connectivity index (χ3n) is 7.13. The summed E-state index contributed by atoms with van der Waals surface area (Å²) in [6.45, 7) is 6.29. The van der Waals surface area contributed by atoms with E-state index in [9.17, 15) is 9.59 Å². The standard InChI is InChI=1S/C20H30O4/c1-19(2)11-15(19)18(22)23-16-10-12-8-13(16)14(9-12)17(21)24-20(3)6-4-5-7-20/h12-16H,4-11H2,1-3H3. The van der Waals surface area contributed by atoms with Crippen LogP contribution in [0.25, 0.3) is 0 Å². The molecule has 0 N–H and O–H groups in total. The van der Waals surface area contributed by atoms with Gasteiger partial charge in [0.25, 0.3) is 0 Å². The molecule has 0 radical (unpaired) electrons. The molecule has 2 bridgehead atoms. The fourth-order valence-electron chi connectivity index (χ4n) is 5.34. The minimum absolute atomic E-state index is 0.0422. The van der Waals surface area contributed by atoms with Crippen LogP contribution in [0.3, 0.4) is 0 Å². The van der Waals surface area contributed by atoms with Gasteiger partial charge in [0.15, 0.2) is 0 Å². The zero-order valence-corrected chi connectivity index (χ0v) is 15.2. The summed E-state index contributed by atoms with van der Waals surface area (Å²) in [6.07, 6.45) is 7.99. The van der Waals surface area contributed by atoms with Crippen molar-refractivity contribution in [2.75, 3.05) is 0 Å². The van der Waals surface area contributed by atoms with Crippen LogP contribution in [-0.2, 0) is 19.1 Å². The van der Waals surface area contributed by atoms with Crippen LogP contribution in [0.5, 0.6) is 0 Å². The number of hydrogen-bond acceptors (Lipinski definition) is 4. The Kier molecular flexibility index (Phi) is 3.74. The molecule has 4 aliphatic carbocycles. The number of carbonyl (C=O) groups is 2. The van der Waals surface area contributed by atoms with E-state index in [2.05, 4.69) is 20.8 Å². The summed E-state index contributed by atoms with van der Waals surface area (Å²) in [5.74, 6) is 0.602. The number of carbonyl (C=O) groups excluding carboxylic acids is 2. The van der Waals surface area contributed by atoms with Gasteiger partial charge in [-0.05, 0) is 69.6 Å². The van der Waals surface area contributed by atoms with Crippen LogP contribution in [0.4, 0.5) is 0 Å². The van der Waals surface area contributed by atoms with Gasteiger partial charge in [-0.15, -0.1) is 0 Å². The highest BCUT2D eigenvalue weighted by molar-refractivity contribution is 5.77. The summed E-state index contributed by atoms with van der Waals surface area (Å²) in [7, 11) is 0. The van der Waals surface area contributed by atoms with Gasteiger partial charge in [0.1, 0.15) is 11.7 Å². The maximum Gasteiger partial charge on any atom is 0.309 e. The molecule has 0 heterocycles. The third-order valence-corrected chi connectivity index (χ3v) is 7.13. The Hall–Kier alpha value is -1.06. The Morgan fingerprint density at radius 2 is 1.62 bits per heavy atom. The molecule has 4 nitrogen and oxygen atoms in total. The number of ether oxygens (including phenoxy) is 2. The van der Waals surface area contributed by atoms with E-state index in [-0.39, 0.29) is 46.8 Å². The molecule has 134 valence electrons. The highest BCUT2D eigenvalue weighted by atomic mass is 16.6. The molecule has 4 heteroatoms. The second-order valence-corrected chi connectivity index (χ2v) is 9.64. The van der Waals surface area contributed by atoms with Gasteiger partial charge in [-0.2, -0.15) is 0 Å². The Morgan fingerprint density at radius 3 is 2.21 bits per heavy atom. The molecule has 0 aromatic rings. The molecule has 5 atom stereocenters. The quantitative estimate of drug-likeness (QED) is 0.733. The second-order valence-electron chi connectivity index (χ2n) is 9.64. The van der Waals surface area contributed by atoms with Crippen LogP contribution in [0.2, 0.25) is 0 Å². The maximum absolute atomic E-state index is 12.7. The van der Waals surface area contributed by atoms with Gasteiger partial charge in [-0.3, -0.25) is 9.59 Å². The highest BCUT2D eigenvalue weighted by Crippen LogP contribution is 2.55. The first-order valence-corrected chi connectivity index (χ1v) is 9.71. The van der Waals surface area contributed by atoms with Crippen molar-refractivity contribution in [1.29, 1.82) is 0 Å². The third kappa shape index (κ3) is 2.86. The Labute approximate surface area is 144 Å². The van der Waals surface area contributed by atoms with Crippen LogP contribution < -0.4 is 0 Å². The van der Waals surface area contributed by atoms with Crippen LogP contribution in [0.15, 0.2) is 0 Å². The van der Waals surface area contributed by atoms with Crippen LogP contribution in [0.1, 0.15) is 72.1 Å². The molecule has 4 saturated carbocycles. The monoisotopic (exact) mass is 334 g/mol. The van der Waals surface area contributed by atoms with Gasteiger partial charge in [0.05, 0.1) is 11.8 Å². The van der Waals surface area contributed by atoms with E-state index >= 15 is 0 Å². The van der Waals surface area contributed by atoms with Crippen molar-refractivity contribution in [3.05, 3.63) is 0 Å². The fourth-order valence-corrected chi connectivity index (χ4v) is 5.34. The lowest BCUT2D eigenvalue weighted by Gasteiger charge is -2.31. The Bertz CT molecular complexity index is 546. The average molecular weight is 334 g/mol. The molecule has 5 unspecified atom stereocenters. The molecule has 4 fully saturated rings. The molecule has 24 heavy (non-hydrogen) atoms. The second kappa shape index (κ2) is 5.47. The first-order chi connectivity index (χ1) is 11.3. The smallest absolute Gasteiger partial charge is 0.309 e. The summed E-state index contributed by atoms with van der Waals surface area (Å²) in [5.41, 5.74) is -0.159. The van der Waals surface area contributed by atoms with Gasteiger partial charge in [0, 0.05) is 5.92 Å². The molecule has 0 amide bonds. The molecule has 0 aliphatic heterocycles. The topological polar surface area (TPSA) is 52.6 Å². The molecule has 4 rings (SSSR count). The SMILES string of the molecule is CC1(OC(=O)C2CC3CC(OC(=O)C4CC4(C)C)C2C3)CCCC1. The summed E-state index contributed by atoms with van der Waals surface area (Å²) in [6, 6.07) is 0. The van der Waals surface area contributed by atoms with Crippen molar-refractivity contribution in [2.45, 2.75) is 83.8 Å². The van der Waals surface area contributed by atoms with E-state index < -0.39 is 0 Å². The molecule has 0 saturated heterocycles. The summed E-state index contributed by atoms with van der Waals surface area (Å²) in [5, 5.41) is 0.